The summed E-state index contributed by atoms with van der Waals surface area (Å²) in [6, 6.07) is 9.70. The molecular weight excluding hydrogens is 236 g/mol. The molecule has 1 aliphatic heterocycles. The van der Waals surface area contributed by atoms with Crippen LogP contribution in [0, 0.1) is 0 Å². The van der Waals surface area contributed by atoms with Crippen molar-refractivity contribution < 1.29 is 4.74 Å². The van der Waals surface area contributed by atoms with Crippen molar-refractivity contribution in [2.75, 3.05) is 24.6 Å². The number of anilines is 1. The molecule has 1 N–H and O–H groups in total. The van der Waals surface area contributed by atoms with Crippen molar-refractivity contribution in [2.45, 2.75) is 45.7 Å². The third-order valence-corrected chi connectivity index (χ3v) is 3.73. The van der Waals surface area contributed by atoms with Crippen LogP contribution in [0.25, 0.3) is 0 Å². The smallest absolute Gasteiger partial charge is 0.119 e. The van der Waals surface area contributed by atoms with Crippen molar-refractivity contribution in [3.05, 3.63) is 24.3 Å². The third kappa shape index (κ3) is 3.63. The largest absolute Gasteiger partial charge is 0.494 e. The second-order valence-electron chi connectivity index (χ2n) is 5.37. The van der Waals surface area contributed by atoms with Gasteiger partial charge in [-0.25, -0.2) is 0 Å². The van der Waals surface area contributed by atoms with Gasteiger partial charge in [-0.3, -0.25) is 0 Å². The summed E-state index contributed by atoms with van der Waals surface area (Å²) in [5.41, 5.74) is 1.31. The van der Waals surface area contributed by atoms with E-state index in [4.69, 9.17) is 4.74 Å². The minimum Gasteiger partial charge on any atom is -0.494 e. The quantitative estimate of drug-likeness (QED) is 0.882. The molecule has 1 saturated heterocycles. The molecule has 0 aromatic heterocycles. The van der Waals surface area contributed by atoms with Crippen molar-refractivity contribution in [1.82, 2.24) is 5.32 Å². The van der Waals surface area contributed by atoms with E-state index in [1.54, 1.807) is 0 Å². The summed E-state index contributed by atoms with van der Waals surface area (Å²) in [7, 11) is 0. The second kappa shape index (κ2) is 6.80. The van der Waals surface area contributed by atoms with Crippen molar-refractivity contribution in [3.63, 3.8) is 0 Å². The van der Waals surface area contributed by atoms with E-state index in [9.17, 15) is 0 Å². The molecule has 0 amide bonds. The van der Waals surface area contributed by atoms with Crippen molar-refractivity contribution in [1.29, 1.82) is 0 Å². The SMILES string of the molecule is CCCOc1ccc(N2CC(C)NCC2CC)cc1. The predicted octanol–water partition coefficient (Wildman–Crippen LogP) is 3.05. The summed E-state index contributed by atoms with van der Waals surface area (Å²) in [4.78, 5) is 2.52. The number of benzene rings is 1. The lowest BCUT2D eigenvalue weighted by molar-refractivity contribution is 0.317. The summed E-state index contributed by atoms with van der Waals surface area (Å²) in [6.45, 7) is 9.58. The van der Waals surface area contributed by atoms with Gasteiger partial charge in [-0.2, -0.15) is 0 Å². The van der Waals surface area contributed by atoms with Gasteiger partial charge in [0.2, 0.25) is 0 Å². The molecule has 0 radical (unpaired) electrons. The maximum Gasteiger partial charge on any atom is 0.119 e. The number of hydrogen-bond acceptors (Lipinski definition) is 3. The zero-order chi connectivity index (χ0) is 13.7. The molecule has 1 heterocycles. The predicted molar refractivity (Wildman–Crippen MR) is 81.1 cm³/mol. The van der Waals surface area contributed by atoms with Crippen LogP contribution in [-0.2, 0) is 0 Å². The molecule has 106 valence electrons. The Balaban J connectivity index is 2.06. The van der Waals surface area contributed by atoms with Gasteiger partial charge in [-0.15, -0.1) is 0 Å². The van der Waals surface area contributed by atoms with Crippen molar-refractivity contribution in [2.24, 2.45) is 0 Å². The van der Waals surface area contributed by atoms with Crippen LogP contribution in [-0.4, -0.2) is 31.8 Å². The first-order chi connectivity index (χ1) is 9.24. The standard InChI is InChI=1S/C16H26N2O/c1-4-10-19-16-8-6-15(7-9-16)18-12-13(3)17-11-14(18)5-2/h6-9,13-14,17H,4-5,10-12H2,1-3H3. The van der Waals surface area contributed by atoms with Crippen molar-refractivity contribution >= 4 is 5.69 Å². The summed E-state index contributed by atoms with van der Waals surface area (Å²) in [5.74, 6) is 0.974. The van der Waals surface area contributed by atoms with Gasteiger partial charge in [0, 0.05) is 30.9 Å². The molecule has 2 unspecified atom stereocenters. The Bertz CT molecular complexity index is 377. The maximum atomic E-state index is 5.64. The molecule has 1 fully saturated rings. The number of rotatable bonds is 5. The first-order valence-electron chi connectivity index (χ1n) is 7.47. The Morgan fingerprint density at radius 1 is 1.26 bits per heavy atom. The van der Waals surface area contributed by atoms with Crippen LogP contribution >= 0.6 is 0 Å². The summed E-state index contributed by atoms with van der Waals surface area (Å²) < 4.78 is 5.64. The topological polar surface area (TPSA) is 24.5 Å². The van der Waals surface area contributed by atoms with Crippen LogP contribution in [0.4, 0.5) is 5.69 Å². The zero-order valence-corrected chi connectivity index (χ0v) is 12.4. The lowest BCUT2D eigenvalue weighted by Gasteiger charge is -2.40. The summed E-state index contributed by atoms with van der Waals surface area (Å²) in [6.07, 6.45) is 2.22. The highest BCUT2D eigenvalue weighted by molar-refractivity contribution is 5.50. The average Bonchev–Trinajstić information content (AvgIpc) is 2.45. The Morgan fingerprint density at radius 3 is 2.63 bits per heavy atom. The molecule has 2 atom stereocenters. The molecule has 2 rings (SSSR count). The number of piperazine rings is 1. The molecule has 0 saturated carbocycles. The fourth-order valence-electron chi connectivity index (χ4n) is 2.59. The molecule has 1 aromatic carbocycles. The zero-order valence-electron chi connectivity index (χ0n) is 12.4. The van der Waals surface area contributed by atoms with Gasteiger partial charge in [-0.1, -0.05) is 13.8 Å². The number of ether oxygens (including phenoxy) is 1. The first-order valence-corrected chi connectivity index (χ1v) is 7.47. The van der Waals surface area contributed by atoms with E-state index in [1.807, 2.05) is 0 Å². The molecule has 0 bridgehead atoms. The van der Waals surface area contributed by atoms with Gasteiger partial charge in [-0.05, 0) is 44.0 Å². The van der Waals surface area contributed by atoms with Crippen LogP contribution < -0.4 is 15.0 Å². The molecule has 1 aromatic rings. The normalized spacial score (nSPS) is 23.4. The van der Waals surface area contributed by atoms with E-state index >= 15 is 0 Å². The number of nitrogens with zero attached hydrogens (tertiary/aromatic N) is 1. The summed E-state index contributed by atoms with van der Waals surface area (Å²) in [5, 5.41) is 3.56. The van der Waals surface area contributed by atoms with E-state index in [0.717, 1.165) is 31.9 Å². The van der Waals surface area contributed by atoms with Crippen LogP contribution in [0.2, 0.25) is 0 Å². The Kier molecular flexibility index (Phi) is 5.08. The average molecular weight is 262 g/mol. The van der Waals surface area contributed by atoms with E-state index in [1.165, 1.54) is 12.1 Å². The monoisotopic (exact) mass is 262 g/mol. The fourth-order valence-corrected chi connectivity index (χ4v) is 2.59. The molecule has 0 aliphatic carbocycles. The van der Waals surface area contributed by atoms with Crippen LogP contribution in [0.1, 0.15) is 33.6 Å². The molecular formula is C16H26N2O. The van der Waals surface area contributed by atoms with Gasteiger partial charge in [0.05, 0.1) is 6.61 Å². The lowest BCUT2D eigenvalue weighted by atomic mass is 10.1. The third-order valence-electron chi connectivity index (χ3n) is 3.73. The van der Waals surface area contributed by atoms with Crippen LogP contribution in [0.5, 0.6) is 5.75 Å². The van der Waals surface area contributed by atoms with Crippen LogP contribution in [0.15, 0.2) is 24.3 Å². The molecule has 0 spiro atoms. The van der Waals surface area contributed by atoms with E-state index in [0.29, 0.717) is 12.1 Å². The van der Waals surface area contributed by atoms with Gasteiger partial charge < -0.3 is 15.0 Å². The maximum absolute atomic E-state index is 5.64. The minimum absolute atomic E-state index is 0.554. The first kappa shape index (κ1) is 14.2. The minimum atomic E-state index is 0.554. The summed E-state index contributed by atoms with van der Waals surface area (Å²) >= 11 is 0. The lowest BCUT2D eigenvalue weighted by Crippen LogP contribution is -2.55. The van der Waals surface area contributed by atoms with Gasteiger partial charge in [0.1, 0.15) is 5.75 Å². The molecule has 1 aliphatic rings. The molecule has 3 heteroatoms. The highest BCUT2D eigenvalue weighted by atomic mass is 16.5. The Hall–Kier alpha value is -1.22. The number of hydrogen-bond donors (Lipinski definition) is 1. The van der Waals surface area contributed by atoms with Crippen LogP contribution in [0.3, 0.4) is 0 Å². The highest BCUT2D eigenvalue weighted by Crippen LogP contribution is 2.24. The highest BCUT2D eigenvalue weighted by Gasteiger charge is 2.24. The van der Waals surface area contributed by atoms with E-state index in [2.05, 4.69) is 55.3 Å². The second-order valence-corrected chi connectivity index (χ2v) is 5.37. The van der Waals surface area contributed by atoms with Gasteiger partial charge >= 0.3 is 0 Å². The Labute approximate surface area is 116 Å². The molecule has 3 nitrogen and oxygen atoms in total. The number of nitrogens with one attached hydrogen (secondary N) is 1. The van der Waals surface area contributed by atoms with E-state index in [-0.39, 0.29) is 0 Å². The fraction of sp³-hybridized carbons (Fsp3) is 0.625. The van der Waals surface area contributed by atoms with Gasteiger partial charge in [0.25, 0.3) is 0 Å². The van der Waals surface area contributed by atoms with Crippen molar-refractivity contribution in [3.8, 4) is 5.75 Å². The van der Waals surface area contributed by atoms with Gasteiger partial charge in [0.15, 0.2) is 0 Å². The van der Waals surface area contributed by atoms with E-state index < -0.39 is 0 Å². The molecule has 19 heavy (non-hydrogen) atoms. The Morgan fingerprint density at radius 2 is 2.00 bits per heavy atom.